The Morgan fingerprint density at radius 2 is 1.81 bits per heavy atom. The minimum atomic E-state index is -4.66. The highest BCUT2D eigenvalue weighted by atomic mass is 32.2. The fraction of sp³-hybridized carbons (Fsp3) is 0.692. The molecule has 1 aromatic rings. The topological polar surface area (TPSA) is 78.0 Å². The van der Waals surface area contributed by atoms with Crippen LogP contribution in [0.5, 0.6) is 0 Å². The van der Waals surface area contributed by atoms with Crippen LogP contribution in [0, 0.1) is 5.92 Å². The Morgan fingerprint density at radius 1 is 1.14 bits per heavy atom. The first-order chi connectivity index (χ1) is 17.3. The number of alkyl halides is 3. The van der Waals surface area contributed by atoms with Crippen molar-refractivity contribution in [2.75, 3.05) is 19.6 Å². The van der Waals surface area contributed by atoms with Crippen molar-refractivity contribution in [1.82, 2.24) is 14.1 Å². The van der Waals surface area contributed by atoms with Crippen LogP contribution in [0.15, 0.2) is 29.2 Å². The highest BCUT2D eigenvalue weighted by Crippen LogP contribution is 2.38. The van der Waals surface area contributed by atoms with Gasteiger partial charge in [0.25, 0.3) is 0 Å². The number of sulfonamides is 1. The van der Waals surface area contributed by atoms with Crippen LogP contribution in [0.25, 0.3) is 0 Å². The quantitative estimate of drug-likeness (QED) is 0.433. The van der Waals surface area contributed by atoms with Gasteiger partial charge in [0, 0.05) is 38.6 Å². The third-order valence-electron chi connectivity index (χ3n) is 6.94. The number of carbonyl (C=O) groups excluding carboxylic acids is 2. The highest BCUT2D eigenvalue weighted by molar-refractivity contribution is 7.89. The van der Waals surface area contributed by atoms with Crippen LogP contribution < -0.4 is 0 Å². The highest BCUT2D eigenvalue weighted by Gasteiger charge is 2.45. The van der Waals surface area contributed by atoms with E-state index < -0.39 is 33.8 Å². The van der Waals surface area contributed by atoms with Crippen LogP contribution in [-0.2, 0) is 25.8 Å². The molecule has 11 heteroatoms. The lowest BCUT2D eigenvalue weighted by Crippen LogP contribution is -2.57. The van der Waals surface area contributed by atoms with Gasteiger partial charge in [-0.1, -0.05) is 26.8 Å². The number of hydrogen-bond donors (Lipinski definition) is 0. The number of likely N-dealkylation sites (tertiary alicyclic amines) is 1. The van der Waals surface area contributed by atoms with Gasteiger partial charge in [-0.3, -0.25) is 9.59 Å². The molecule has 1 saturated heterocycles. The van der Waals surface area contributed by atoms with Gasteiger partial charge in [-0.05, 0) is 62.6 Å². The van der Waals surface area contributed by atoms with E-state index in [0.29, 0.717) is 57.7 Å². The molecule has 208 valence electrons. The predicted octanol–water partition coefficient (Wildman–Crippen LogP) is 4.52. The molecule has 1 aromatic carbocycles. The average molecular weight is 546 g/mol. The normalized spacial score (nSPS) is 19.8. The van der Waals surface area contributed by atoms with E-state index in [9.17, 15) is 31.2 Å². The maximum atomic E-state index is 13.7. The van der Waals surface area contributed by atoms with E-state index in [2.05, 4.69) is 0 Å². The molecule has 1 saturated carbocycles. The molecule has 0 N–H and O–H groups in total. The number of piperidine rings is 1. The minimum absolute atomic E-state index is 0.153. The number of carbonyl (C=O) groups is 2. The van der Waals surface area contributed by atoms with Gasteiger partial charge in [0.05, 0.1) is 10.5 Å². The number of hydrogen-bond acceptors (Lipinski definition) is 4. The average Bonchev–Trinajstić information content (AvgIpc) is 3.65. The van der Waals surface area contributed by atoms with Gasteiger partial charge >= 0.3 is 6.18 Å². The molecule has 0 spiro atoms. The summed E-state index contributed by atoms with van der Waals surface area (Å²) in [6, 6.07) is 2.38. The number of benzene rings is 1. The fourth-order valence-electron chi connectivity index (χ4n) is 5.13. The minimum Gasteiger partial charge on any atom is -0.339 e. The summed E-state index contributed by atoms with van der Waals surface area (Å²) in [6.07, 6.45) is -1.11. The molecule has 7 nitrogen and oxygen atoms in total. The number of amides is 2. The van der Waals surface area contributed by atoms with Gasteiger partial charge in [0.2, 0.25) is 21.8 Å². The van der Waals surface area contributed by atoms with Crippen LogP contribution in [0.3, 0.4) is 0 Å². The fourth-order valence-corrected chi connectivity index (χ4v) is 7.07. The van der Waals surface area contributed by atoms with E-state index in [1.807, 2.05) is 20.8 Å². The number of nitrogens with zero attached hydrogens (tertiary/aromatic N) is 3. The van der Waals surface area contributed by atoms with Gasteiger partial charge < -0.3 is 9.80 Å². The molecular weight excluding hydrogens is 507 g/mol. The molecule has 1 unspecified atom stereocenters. The first kappa shape index (κ1) is 29.4. The molecule has 0 aromatic heterocycles. The van der Waals surface area contributed by atoms with Gasteiger partial charge in [0.15, 0.2) is 0 Å². The number of rotatable bonds is 10. The zero-order chi connectivity index (χ0) is 27.5. The summed E-state index contributed by atoms with van der Waals surface area (Å²) in [4.78, 5) is 29.0. The zero-order valence-corrected chi connectivity index (χ0v) is 22.8. The summed E-state index contributed by atoms with van der Waals surface area (Å²) in [7, 11) is -4.22. The molecule has 1 aliphatic carbocycles. The van der Waals surface area contributed by atoms with Crippen molar-refractivity contribution in [1.29, 1.82) is 0 Å². The maximum absolute atomic E-state index is 13.7. The van der Waals surface area contributed by atoms with Gasteiger partial charge in [-0.25, -0.2) is 8.42 Å². The standard InChI is InChI=1S/C26H38F3N3O4S/c1-5-13-31(19(4)33)24(15-18(2)3)25(34)30-14-7-9-22(17-30)32(21-11-12-21)37(35,36)23-10-6-8-20(16-23)26(27,28)29/h6,8,10,16,18,21-22,24H,5,7,9,11-15,17H2,1-4H3/t22?,24-/m0/s1. The van der Waals surface area contributed by atoms with E-state index in [-0.39, 0.29) is 35.2 Å². The van der Waals surface area contributed by atoms with Crippen molar-refractivity contribution >= 4 is 21.8 Å². The van der Waals surface area contributed by atoms with Crippen molar-refractivity contribution in [3.63, 3.8) is 0 Å². The Morgan fingerprint density at radius 3 is 2.35 bits per heavy atom. The number of halogens is 3. The van der Waals surface area contributed by atoms with Crippen molar-refractivity contribution < 1.29 is 31.2 Å². The van der Waals surface area contributed by atoms with E-state index >= 15 is 0 Å². The van der Waals surface area contributed by atoms with Gasteiger partial charge in [-0.2, -0.15) is 17.5 Å². The Kier molecular flexibility index (Phi) is 9.32. The Labute approximate surface area is 218 Å². The molecule has 2 atom stereocenters. The first-order valence-corrected chi connectivity index (χ1v) is 14.5. The lowest BCUT2D eigenvalue weighted by Gasteiger charge is -2.41. The zero-order valence-electron chi connectivity index (χ0n) is 22.0. The summed E-state index contributed by atoms with van der Waals surface area (Å²) in [6.45, 7) is 8.42. The molecule has 2 aliphatic rings. The van der Waals surface area contributed by atoms with Crippen molar-refractivity contribution in [3.05, 3.63) is 29.8 Å². The summed E-state index contributed by atoms with van der Waals surface area (Å²) in [5.41, 5.74) is -1.01. The summed E-state index contributed by atoms with van der Waals surface area (Å²) in [5, 5.41) is 0. The smallest absolute Gasteiger partial charge is 0.339 e. The van der Waals surface area contributed by atoms with Crippen LogP contribution >= 0.6 is 0 Å². The maximum Gasteiger partial charge on any atom is 0.416 e. The molecule has 1 aliphatic heterocycles. The molecule has 1 heterocycles. The SMILES string of the molecule is CCCN(C(C)=O)[C@@H](CC(C)C)C(=O)N1CCCC(N(C2CC2)S(=O)(=O)c2cccc(C(F)(F)F)c2)C1. The van der Waals surface area contributed by atoms with Crippen LogP contribution in [0.2, 0.25) is 0 Å². The Hall–Kier alpha value is -2.14. The van der Waals surface area contributed by atoms with Crippen LogP contribution in [0.4, 0.5) is 13.2 Å². The lowest BCUT2D eigenvalue weighted by molar-refractivity contribution is -0.146. The van der Waals surface area contributed by atoms with Crippen LogP contribution in [-0.4, -0.2) is 72.1 Å². The van der Waals surface area contributed by atoms with Crippen LogP contribution in [0.1, 0.15) is 71.8 Å². The molecular formula is C26H38F3N3O4S. The monoisotopic (exact) mass is 545 g/mol. The molecule has 37 heavy (non-hydrogen) atoms. The lowest BCUT2D eigenvalue weighted by atomic mass is 9.98. The Bertz CT molecular complexity index is 1070. The first-order valence-electron chi connectivity index (χ1n) is 13.0. The summed E-state index contributed by atoms with van der Waals surface area (Å²) in [5.74, 6) is -0.215. The van der Waals surface area contributed by atoms with E-state index in [1.165, 1.54) is 17.3 Å². The third-order valence-corrected chi connectivity index (χ3v) is 8.94. The summed E-state index contributed by atoms with van der Waals surface area (Å²) < 4.78 is 68.5. The Balaban J connectivity index is 1.88. The largest absolute Gasteiger partial charge is 0.416 e. The second-order valence-corrected chi connectivity index (χ2v) is 12.4. The molecule has 0 bridgehead atoms. The van der Waals surface area contributed by atoms with E-state index in [0.717, 1.165) is 12.1 Å². The predicted molar refractivity (Wildman–Crippen MR) is 134 cm³/mol. The van der Waals surface area contributed by atoms with Crippen molar-refractivity contribution in [3.8, 4) is 0 Å². The molecule has 2 fully saturated rings. The third kappa shape index (κ3) is 7.04. The van der Waals surface area contributed by atoms with Gasteiger partial charge in [0.1, 0.15) is 6.04 Å². The van der Waals surface area contributed by atoms with E-state index in [1.54, 1.807) is 9.80 Å². The van der Waals surface area contributed by atoms with Crippen molar-refractivity contribution in [2.45, 2.75) is 95.4 Å². The second-order valence-electron chi connectivity index (χ2n) is 10.5. The van der Waals surface area contributed by atoms with E-state index in [4.69, 9.17) is 0 Å². The van der Waals surface area contributed by atoms with Gasteiger partial charge in [-0.15, -0.1) is 0 Å². The second kappa shape index (κ2) is 11.7. The molecule has 3 rings (SSSR count). The van der Waals surface area contributed by atoms with Crippen molar-refractivity contribution in [2.24, 2.45) is 5.92 Å². The molecule has 0 radical (unpaired) electrons. The molecule has 2 amide bonds. The summed E-state index contributed by atoms with van der Waals surface area (Å²) >= 11 is 0.